The first-order valence-corrected chi connectivity index (χ1v) is 5.41. The van der Waals surface area contributed by atoms with Crippen molar-refractivity contribution in [1.29, 1.82) is 0 Å². The van der Waals surface area contributed by atoms with E-state index >= 15 is 0 Å². The fraction of sp³-hybridized carbons (Fsp3) is 0.545. The molecule has 0 aromatic carbocycles. The van der Waals surface area contributed by atoms with E-state index in [2.05, 4.69) is 0 Å². The van der Waals surface area contributed by atoms with Crippen LogP contribution < -0.4 is 0 Å². The Morgan fingerprint density at radius 3 is 2.50 bits per heavy atom. The molecule has 0 saturated carbocycles. The number of Topliss-reactive ketones (excluding diaryl/α,β-unsaturated/α-hetero) is 1. The highest BCUT2D eigenvalue weighted by atomic mass is 35.5. The Hall–Kier alpha value is -0.900. The minimum absolute atomic E-state index is 0.227. The molecule has 0 bridgehead atoms. The lowest BCUT2D eigenvalue weighted by Crippen LogP contribution is -2.13. The number of carbonyl (C=O) groups is 1. The summed E-state index contributed by atoms with van der Waals surface area (Å²) in [6.07, 6.45) is -2.43. The molecule has 1 heterocycles. The standard InChI is InChI=1S/C11H14ClF2NO/c1-6-4-9(11(16)7(2)12)8(3)15(6)5-10(13)14/h4,7,10H,5H2,1-3H3. The first-order chi connectivity index (χ1) is 7.34. The molecule has 1 atom stereocenters. The van der Waals surface area contributed by atoms with Crippen molar-refractivity contribution in [3.05, 3.63) is 23.0 Å². The third-order valence-electron chi connectivity index (χ3n) is 2.52. The van der Waals surface area contributed by atoms with Crippen molar-refractivity contribution in [3.8, 4) is 0 Å². The van der Waals surface area contributed by atoms with Crippen LogP contribution in [0.15, 0.2) is 6.07 Å². The van der Waals surface area contributed by atoms with Gasteiger partial charge in [-0.1, -0.05) is 0 Å². The van der Waals surface area contributed by atoms with Crippen LogP contribution in [0.1, 0.15) is 28.7 Å². The number of hydrogen-bond acceptors (Lipinski definition) is 1. The predicted molar refractivity (Wildman–Crippen MR) is 59.6 cm³/mol. The Labute approximate surface area is 98.2 Å². The molecule has 0 radical (unpaired) electrons. The molecule has 0 spiro atoms. The van der Waals surface area contributed by atoms with Gasteiger partial charge in [-0.25, -0.2) is 8.78 Å². The first-order valence-electron chi connectivity index (χ1n) is 4.97. The summed E-state index contributed by atoms with van der Waals surface area (Å²) in [6.45, 7) is 4.54. The van der Waals surface area contributed by atoms with Crippen molar-refractivity contribution >= 4 is 17.4 Å². The van der Waals surface area contributed by atoms with Gasteiger partial charge >= 0.3 is 0 Å². The molecule has 2 nitrogen and oxygen atoms in total. The Kier molecular flexibility index (Phi) is 4.08. The molecule has 0 aliphatic heterocycles. The van der Waals surface area contributed by atoms with Gasteiger partial charge in [-0.05, 0) is 26.8 Å². The molecule has 1 aromatic rings. The monoisotopic (exact) mass is 249 g/mol. The van der Waals surface area contributed by atoms with Crippen LogP contribution in [0.25, 0.3) is 0 Å². The summed E-state index contributed by atoms with van der Waals surface area (Å²) in [7, 11) is 0. The van der Waals surface area contributed by atoms with Crippen LogP contribution in [0.4, 0.5) is 8.78 Å². The second-order valence-corrected chi connectivity index (χ2v) is 4.42. The summed E-state index contributed by atoms with van der Waals surface area (Å²) < 4.78 is 26.1. The van der Waals surface area contributed by atoms with Crippen LogP contribution in [0.3, 0.4) is 0 Å². The Balaban J connectivity index is 3.11. The number of aryl methyl sites for hydroxylation is 1. The maximum absolute atomic E-state index is 12.3. The summed E-state index contributed by atoms with van der Waals surface area (Å²) in [5.41, 5.74) is 1.63. The number of rotatable bonds is 4. The van der Waals surface area contributed by atoms with E-state index in [9.17, 15) is 13.6 Å². The normalized spacial score (nSPS) is 13.2. The Bertz CT molecular complexity index is 399. The van der Waals surface area contributed by atoms with Gasteiger partial charge in [0.2, 0.25) is 0 Å². The zero-order chi connectivity index (χ0) is 12.5. The SMILES string of the molecule is Cc1cc(C(=O)C(C)Cl)c(C)n1CC(F)F. The van der Waals surface area contributed by atoms with Crippen LogP contribution >= 0.6 is 11.6 Å². The van der Waals surface area contributed by atoms with Gasteiger partial charge in [0.1, 0.15) is 0 Å². The molecule has 0 aliphatic carbocycles. The Morgan fingerprint density at radius 1 is 1.50 bits per heavy atom. The van der Waals surface area contributed by atoms with Crippen molar-refractivity contribution in [2.45, 2.75) is 39.1 Å². The number of hydrogen-bond donors (Lipinski definition) is 0. The topological polar surface area (TPSA) is 22.0 Å². The Morgan fingerprint density at radius 2 is 2.06 bits per heavy atom. The lowest BCUT2D eigenvalue weighted by atomic mass is 10.1. The predicted octanol–water partition coefficient (Wildman–Crippen LogP) is 3.18. The van der Waals surface area contributed by atoms with Gasteiger partial charge in [-0.2, -0.15) is 0 Å². The van der Waals surface area contributed by atoms with Crippen molar-refractivity contribution in [1.82, 2.24) is 4.57 Å². The molecule has 5 heteroatoms. The average molecular weight is 250 g/mol. The number of halogens is 3. The molecule has 90 valence electrons. The van der Waals surface area contributed by atoms with Crippen LogP contribution in [-0.2, 0) is 6.54 Å². The van der Waals surface area contributed by atoms with Gasteiger partial charge in [-0.15, -0.1) is 11.6 Å². The van der Waals surface area contributed by atoms with Crippen molar-refractivity contribution < 1.29 is 13.6 Å². The third-order valence-corrected chi connectivity index (χ3v) is 2.72. The zero-order valence-corrected chi connectivity index (χ0v) is 10.2. The highest BCUT2D eigenvalue weighted by Gasteiger charge is 2.20. The molecule has 0 fully saturated rings. The van der Waals surface area contributed by atoms with Gasteiger partial charge in [0.25, 0.3) is 6.43 Å². The smallest absolute Gasteiger partial charge is 0.256 e. The molecular weight excluding hydrogens is 236 g/mol. The molecule has 1 rings (SSSR count). The maximum Gasteiger partial charge on any atom is 0.256 e. The largest absolute Gasteiger partial charge is 0.343 e. The molecule has 1 unspecified atom stereocenters. The van der Waals surface area contributed by atoms with Gasteiger partial charge in [0.15, 0.2) is 5.78 Å². The van der Waals surface area contributed by atoms with Gasteiger partial charge in [-0.3, -0.25) is 4.79 Å². The first kappa shape index (κ1) is 13.2. The number of aromatic nitrogens is 1. The molecule has 1 aromatic heterocycles. The van der Waals surface area contributed by atoms with E-state index in [1.165, 1.54) is 4.57 Å². The minimum Gasteiger partial charge on any atom is -0.343 e. The van der Waals surface area contributed by atoms with E-state index in [-0.39, 0.29) is 12.3 Å². The van der Waals surface area contributed by atoms with E-state index in [1.807, 2.05) is 0 Å². The average Bonchev–Trinajstić information content (AvgIpc) is 2.44. The summed E-state index contributed by atoms with van der Waals surface area (Å²) >= 11 is 5.70. The summed E-state index contributed by atoms with van der Waals surface area (Å²) in [5.74, 6) is -0.227. The molecule has 0 saturated heterocycles. The molecule has 16 heavy (non-hydrogen) atoms. The van der Waals surface area contributed by atoms with Gasteiger partial charge in [0, 0.05) is 17.0 Å². The molecule has 0 N–H and O–H groups in total. The zero-order valence-electron chi connectivity index (χ0n) is 9.43. The van der Waals surface area contributed by atoms with Crippen LogP contribution in [0.2, 0.25) is 0 Å². The van der Waals surface area contributed by atoms with E-state index in [0.717, 1.165) is 0 Å². The van der Waals surface area contributed by atoms with Gasteiger partial charge in [0.05, 0.1) is 11.9 Å². The number of alkyl halides is 3. The number of carbonyl (C=O) groups excluding carboxylic acids is 1. The van der Waals surface area contributed by atoms with E-state index in [4.69, 9.17) is 11.6 Å². The minimum atomic E-state index is -2.43. The van der Waals surface area contributed by atoms with Crippen molar-refractivity contribution in [2.24, 2.45) is 0 Å². The van der Waals surface area contributed by atoms with E-state index in [1.54, 1.807) is 26.8 Å². The lowest BCUT2D eigenvalue weighted by Gasteiger charge is -2.08. The van der Waals surface area contributed by atoms with Crippen molar-refractivity contribution in [2.75, 3.05) is 0 Å². The second-order valence-electron chi connectivity index (χ2n) is 3.77. The fourth-order valence-electron chi connectivity index (χ4n) is 1.68. The molecule has 0 aliphatic rings. The molecule has 0 amide bonds. The van der Waals surface area contributed by atoms with Crippen LogP contribution in [-0.4, -0.2) is 22.2 Å². The lowest BCUT2D eigenvalue weighted by molar-refractivity contribution is 0.0989. The summed E-state index contributed by atoms with van der Waals surface area (Å²) in [4.78, 5) is 11.7. The van der Waals surface area contributed by atoms with Crippen molar-refractivity contribution in [3.63, 3.8) is 0 Å². The van der Waals surface area contributed by atoms with Crippen LogP contribution in [0.5, 0.6) is 0 Å². The second kappa shape index (κ2) is 4.95. The van der Waals surface area contributed by atoms with E-state index in [0.29, 0.717) is 17.0 Å². The maximum atomic E-state index is 12.3. The summed E-state index contributed by atoms with van der Waals surface area (Å²) in [5, 5.41) is -0.638. The number of nitrogens with zero attached hydrogens (tertiary/aromatic N) is 1. The quantitative estimate of drug-likeness (QED) is 0.593. The molecular formula is C11H14ClF2NO. The van der Waals surface area contributed by atoms with Gasteiger partial charge < -0.3 is 4.57 Å². The highest BCUT2D eigenvalue weighted by Crippen LogP contribution is 2.19. The number of ketones is 1. The van der Waals surface area contributed by atoms with Crippen LogP contribution in [0, 0.1) is 13.8 Å². The van der Waals surface area contributed by atoms with E-state index < -0.39 is 11.8 Å². The highest BCUT2D eigenvalue weighted by molar-refractivity contribution is 6.33. The third kappa shape index (κ3) is 2.61. The summed E-state index contributed by atoms with van der Waals surface area (Å²) in [6, 6.07) is 1.61. The fourth-order valence-corrected chi connectivity index (χ4v) is 1.80.